The van der Waals surface area contributed by atoms with Gasteiger partial charge in [-0.15, -0.1) is 0 Å². The summed E-state index contributed by atoms with van der Waals surface area (Å²) in [5, 5.41) is 3.39. The Bertz CT molecular complexity index is 1520. The van der Waals surface area contributed by atoms with Crippen molar-refractivity contribution in [3.05, 3.63) is 52.4 Å². The molecule has 10 nitrogen and oxygen atoms in total. The average Bonchev–Trinajstić information content (AvgIpc) is 3.60. The van der Waals surface area contributed by atoms with Crippen molar-refractivity contribution in [2.75, 3.05) is 26.7 Å². The lowest BCUT2D eigenvalue weighted by Crippen LogP contribution is -2.50. The molecule has 42 heavy (non-hydrogen) atoms. The number of carbonyl (C=O) groups is 3. The van der Waals surface area contributed by atoms with Crippen LogP contribution in [0.2, 0.25) is 5.02 Å². The first-order valence-corrected chi connectivity index (χ1v) is 15.2. The molecule has 11 heteroatoms. The second-order valence-corrected chi connectivity index (χ2v) is 12.0. The van der Waals surface area contributed by atoms with Gasteiger partial charge in [0.25, 0.3) is 0 Å². The SMILES string of the molecule is CNC(=O)[C@H]1CCCC[C@H]1C(=O)N1CCc2c(Cl)ccc(OCc3ccc4ncn(C)c4n3)c2[C@H]1CN1CCCC1=O. The van der Waals surface area contributed by atoms with Crippen LogP contribution in [0.15, 0.2) is 30.6 Å². The Morgan fingerprint density at radius 2 is 1.88 bits per heavy atom. The number of fused-ring (bicyclic) bond motifs is 2. The van der Waals surface area contributed by atoms with E-state index < -0.39 is 12.0 Å². The van der Waals surface area contributed by atoms with Crippen molar-refractivity contribution in [2.45, 2.75) is 57.6 Å². The number of carbonyl (C=O) groups excluding carboxylic acids is 3. The summed E-state index contributed by atoms with van der Waals surface area (Å²) in [7, 11) is 3.53. The highest BCUT2D eigenvalue weighted by Gasteiger charge is 2.43. The van der Waals surface area contributed by atoms with Gasteiger partial charge >= 0.3 is 0 Å². The Hall–Kier alpha value is -3.66. The highest BCUT2D eigenvalue weighted by molar-refractivity contribution is 6.31. The molecule has 2 aliphatic heterocycles. The zero-order chi connectivity index (χ0) is 29.4. The summed E-state index contributed by atoms with van der Waals surface area (Å²) in [6.45, 7) is 1.71. The van der Waals surface area contributed by atoms with Gasteiger partial charge in [0, 0.05) is 62.6 Å². The summed E-state index contributed by atoms with van der Waals surface area (Å²) < 4.78 is 8.29. The Kier molecular flexibility index (Phi) is 8.07. The number of rotatable bonds is 7. The molecule has 0 radical (unpaired) electrons. The molecule has 1 aliphatic carbocycles. The van der Waals surface area contributed by atoms with E-state index in [4.69, 9.17) is 21.3 Å². The fourth-order valence-corrected chi connectivity index (χ4v) is 7.14. The molecular formula is C31H37ClN6O4. The number of nitrogens with zero attached hydrogens (tertiary/aromatic N) is 5. The molecule has 4 heterocycles. The Balaban J connectivity index is 1.35. The molecule has 0 spiro atoms. The smallest absolute Gasteiger partial charge is 0.227 e. The highest BCUT2D eigenvalue weighted by atomic mass is 35.5. The van der Waals surface area contributed by atoms with E-state index in [1.807, 2.05) is 45.7 Å². The molecule has 1 saturated heterocycles. The van der Waals surface area contributed by atoms with Crippen molar-refractivity contribution in [3.8, 4) is 5.75 Å². The Morgan fingerprint density at radius 3 is 2.64 bits per heavy atom. The van der Waals surface area contributed by atoms with E-state index in [0.717, 1.165) is 47.2 Å². The molecule has 0 unspecified atom stereocenters. The number of hydrogen-bond acceptors (Lipinski definition) is 6. The molecule has 1 aromatic carbocycles. The predicted octanol–water partition coefficient (Wildman–Crippen LogP) is 3.80. The molecule has 3 aliphatic rings. The molecule has 222 valence electrons. The maximum absolute atomic E-state index is 14.3. The van der Waals surface area contributed by atoms with Crippen LogP contribution in [-0.2, 0) is 34.5 Å². The van der Waals surface area contributed by atoms with E-state index in [1.165, 1.54) is 0 Å². The first-order valence-electron chi connectivity index (χ1n) is 14.9. The summed E-state index contributed by atoms with van der Waals surface area (Å²) >= 11 is 6.76. The summed E-state index contributed by atoms with van der Waals surface area (Å²) in [4.78, 5) is 52.7. The molecule has 3 amide bonds. The minimum atomic E-state index is -0.434. The number of hydrogen-bond donors (Lipinski definition) is 1. The Labute approximate surface area is 250 Å². The number of pyridine rings is 1. The highest BCUT2D eigenvalue weighted by Crippen LogP contribution is 2.43. The minimum Gasteiger partial charge on any atom is -0.487 e. The first kappa shape index (κ1) is 28.5. The van der Waals surface area contributed by atoms with Crippen LogP contribution in [0.5, 0.6) is 5.75 Å². The molecular weight excluding hydrogens is 556 g/mol. The summed E-state index contributed by atoms with van der Waals surface area (Å²) in [6.07, 6.45) is 6.83. The minimum absolute atomic E-state index is 0.0279. The van der Waals surface area contributed by atoms with Crippen molar-refractivity contribution in [3.63, 3.8) is 0 Å². The molecule has 1 saturated carbocycles. The lowest BCUT2D eigenvalue weighted by atomic mass is 9.77. The lowest BCUT2D eigenvalue weighted by molar-refractivity contribution is -0.147. The topological polar surface area (TPSA) is 110 Å². The van der Waals surface area contributed by atoms with Gasteiger partial charge in [0.2, 0.25) is 17.7 Å². The molecule has 1 N–H and O–H groups in total. The number of likely N-dealkylation sites (tertiary alicyclic amines) is 1. The fourth-order valence-electron chi connectivity index (χ4n) is 6.88. The van der Waals surface area contributed by atoms with Crippen LogP contribution in [0.1, 0.15) is 61.4 Å². The number of aromatic nitrogens is 3. The number of nitrogens with one attached hydrogen (secondary N) is 1. The first-order chi connectivity index (χ1) is 20.4. The molecule has 6 rings (SSSR count). The molecule has 3 aromatic rings. The Morgan fingerprint density at radius 1 is 1.07 bits per heavy atom. The van der Waals surface area contributed by atoms with Crippen LogP contribution in [0, 0.1) is 11.8 Å². The number of ether oxygens (including phenoxy) is 1. The number of amides is 3. The largest absolute Gasteiger partial charge is 0.487 e. The predicted molar refractivity (Wildman–Crippen MR) is 158 cm³/mol. The van der Waals surface area contributed by atoms with E-state index in [0.29, 0.717) is 56.1 Å². The van der Waals surface area contributed by atoms with Gasteiger partial charge in [-0.1, -0.05) is 24.4 Å². The van der Waals surface area contributed by atoms with Gasteiger partial charge < -0.3 is 24.4 Å². The van der Waals surface area contributed by atoms with Gasteiger partial charge in [-0.05, 0) is 55.5 Å². The third kappa shape index (κ3) is 5.32. The zero-order valence-electron chi connectivity index (χ0n) is 24.1. The third-order valence-corrected chi connectivity index (χ3v) is 9.43. The van der Waals surface area contributed by atoms with E-state index in [9.17, 15) is 14.4 Å². The van der Waals surface area contributed by atoms with Crippen molar-refractivity contribution in [2.24, 2.45) is 18.9 Å². The van der Waals surface area contributed by atoms with Crippen LogP contribution < -0.4 is 10.1 Å². The third-order valence-electron chi connectivity index (χ3n) is 9.08. The number of imidazole rings is 1. The van der Waals surface area contributed by atoms with E-state index in [1.54, 1.807) is 13.4 Å². The zero-order valence-corrected chi connectivity index (χ0v) is 24.9. The van der Waals surface area contributed by atoms with E-state index in [-0.39, 0.29) is 30.2 Å². The van der Waals surface area contributed by atoms with Crippen LogP contribution in [0.3, 0.4) is 0 Å². The van der Waals surface area contributed by atoms with Gasteiger partial charge in [-0.2, -0.15) is 0 Å². The standard InChI is InChI=1S/C31H37ClN6O4/c1-33-30(40)20-6-3-4-7-21(20)31(41)38-15-13-22-23(32)10-12-26(28(22)25(38)16-37-14-5-8-27(37)39)42-17-19-9-11-24-29(35-19)36(2)18-34-24/h9-12,18,20-21,25H,3-8,13-17H2,1-2H3,(H,33,40)/t20-,21+,25+/m0/s1. The van der Waals surface area contributed by atoms with Crippen LogP contribution in [0.25, 0.3) is 11.2 Å². The summed E-state index contributed by atoms with van der Waals surface area (Å²) in [5.41, 5.74) is 4.12. The summed E-state index contributed by atoms with van der Waals surface area (Å²) in [5.74, 6) is -0.137. The second-order valence-electron chi connectivity index (χ2n) is 11.6. The maximum Gasteiger partial charge on any atom is 0.227 e. The lowest BCUT2D eigenvalue weighted by Gasteiger charge is -2.43. The average molecular weight is 593 g/mol. The molecule has 2 aromatic heterocycles. The van der Waals surface area contributed by atoms with Gasteiger partial charge in [0.1, 0.15) is 17.9 Å². The monoisotopic (exact) mass is 592 g/mol. The normalized spacial score (nSPS) is 22.4. The second kappa shape index (κ2) is 11.9. The molecule has 0 bridgehead atoms. The van der Waals surface area contributed by atoms with Crippen molar-refractivity contribution < 1.29 is 19.1 Å². The van der Waals surface area contributed by atoms with Gasteiger partial charge in [-0.3, -0.25) is 14.4 Å². The molecule has 2 fully saturated rings. The van der Waals surface area contributed by atoms with Crippen LogP contribution >= 0.6 is 11.6 Å². The summed E-state index contributed by atoms with van der Waals surface area (Å²) in [6, 6.07) is 7.08. The number of benzene rings is 1. The van der Waals surface area contributed by atoms with Crippen LogP contribution in [-0.4, -0.2) is 68.7 Å². The maximum atomic E-state index is 14.3. The van der Waals surface area contributed by atoms with Crippen LogP contribution in [0.4, 0.5) is 0 Å². The fraction of sp³-hybridized carbons (Fsp3) is 0.516. The van der Waals surface area contributed by atoms with E-state index in [2.05, 4.69) is 10.3 Å². The van der Waals surface area contributed by atoms with Gasteiger partial charge in [0.05, 0.1) is 18.1 Å². The number of halogens is 1. The van der Waals surface area contributed by atoms with Crippen molar-refractivity contribution >= 4 is 40.5 Å². The van der Waals surface area contributed by atoms with Gasteiger partial charge in [-0.25, -0.2) is 9.97 Å². The quantitative estimate of drug-likeness (QED) is 0.447. The van der Waals surface area contributed by atoms with Crippen molar-refractivity contribution in [1.82, 2.24) is 29.7 Å². The van der Waals surface area contributed by atoms with Crippen molar-refractivity contribution in [1.29, 1.82) is 0 Å². The van der Waals surface area contributed by atoms with E-state index >= 15 is 0 Å². The molecule has 3 atom stereocenters. The van der Waals surface area contributed by atoms with Gasteiger partial charge in [0.15, 0.2) is 5.65 Å². The number of aryl methyl sites for hydroxylation is 1.